The topological polar surface area (TPSA) is 89.5 Å². The van der Waals surface area contributed by atoms with Gasteiger partial charge in [-0.3, -0.25) is 14.9 Å². The molecule has 0 bridgehead atoms. The lowest BCUT2D eigenvalue weighted by Crippen LogP contribution is -2.38. The van der Waals surface area contributed by atoms with Crippen LogP contribution in [0.5, 0.6) is 0 Å². The minimum absolute atomic E-state index is 0.0791. The maximum absolute atomic E-state index is 12.5. The summed E-state index contributed by atoms with van der Waals surface area (Å²) in [5, 5.41) is 10.9. The Bertz CT molecular complexity index is 530. The van der Waals surface area contributed by atoms with Crippen LogP contribution in [0.3, 0.4) is 0 Å². The van der Waals surface area contributed by atoms with E-state index in [1.807, 2.05) is 11.8 Å². The monoisotopic (exact) mass is 277 g/mol. The zero-order chi connectivity index (χ0) is 14.7. The van der Waals surface area contributed by atoms with Gasteiger partial charge in [0, 0.05) is 24.2 Å². The highest BCUT2D eigenvalue weighted by Crippen LogP contribution is 2.25. The number of nitro groups is 1. The Kier molecular flexibility index (Phi) is 4.22. The standard InChI is InChI=1S/C14H19N3O3/c1-10-5-3-2-4-8-16(10)14(18)11-6-7-12(15)13(9-11)17(19)20/h6-7,9-10H,2-5,8,15H2,1H3. The summed E-state index contributed by atoms with van der Waals surface area (Å²) in [5.74, 6) is -0.150. The molecule has 1 heterocycles. The predicted molar refractivity (Wildman–Crippen MR) is 76.5 cm³/mol. The lowest BCUT2D eigenvalue weighted by atomic mass is 10.1. The van der Waals surface area contributed by atoms with E-state index in [0.29, 0.717) is 12.1 Å². The molecule has 0 radical (unpaired) electrons. The van der Waals surface area contributed by atoms with Crippen LogP contribution in [0.4, 0.5) is 11.4 Å². The van der Waals surface area contributed by atoms with Gasteiger partial charge in [-0.1, -0.05) is 12.8 Å². The number of nitro benzene ring substituents is 1. The minimum Gasteiger partial charge on any atom is -0.393 e. The maximum atomic E-state index is 12.5. The second kappa shape index (κ2) is 5.90. The first kappa shape index (κ1) is 14.3. The molecule has 1 unspecified atom stereocenters. The lowest BCUT2D eigenvalue weighted by Gasteiger charge is -2.27. The molecule has 1 aromatic carbocycles. The van der Waals surface area contributed by atoms with E-state index in [4.69, 9.17) is 5.73 Å². The quantitative estimate of drug-likeness (QED) is 0.511. The number of nitrogens with zero attached hydrogens (tertiary/aromatic N) is 2. The summed E-state index contributed by atoms with van der Waals surface area (Å²) in [7, 11) is 0. The average Bonchev–Trinajstić information content (AvgIpc) is 2.63. The Hall–Kier alpha value is -2.11. The Morgan fingerprint density at radius 1 is 1.40 bits per heavy atom. The van der Waals surface area contributed by atoms with Gasteiger partial charge in [-0.2, -0.15) is 0 Å². The van der Waals surface area contributed by atoms with Crippen LogP contribution in [0.25, 0.3) is 0 Å². The molecule has 2 N–H and O–H groups in total. The SMILES string of the molecule is CC1CCCCCN1C(=O)c1ccc(N)c([N+](=O)[O-])c1. The molecule has 0 aromatic heterocycles. The van der Waals surface area contributed by atoms with Crippen molar-refractivity contribution < 1.29 is 9.72 Å². The van der Waals surface area contributed by atoms with Crippen LogP contribution in [-0.2, 0) is 0 Å². The van der Waals surface area contributed by atoms with Crippen molar-refractivity contribution in [3.63, 3.8) is 0 Å². The van der Waals surface area contributed by atoms with Crippen molar-refractivity contribution in [3.8, 4) is 0 Å². The van der Waals surface area contributed by atoms with Crippen LogP contribution >= 0.6 is 0 Å². The third-order valence-corrected chi connectivity index (χ3v) is 3.79. The van der Waals surface area contributed by atoms with Crippen LogP contribution in [-0.4, -0.2) is 28.3 Å². The van der Waals surface area contributed by atoms with Crippen LogP contribution in [0.1, 0.15) is 43.0 Å². The van der Waals surface area contributed by atoms with Gasteiger partial charge in [0.25, 0.3) is 11.6 Å². The van der Waals surface area contributed by atoms with E-state index in [-0.39, 0.29) is 23.3 Å². The summed E-state index contributed by atoms with van der Waals surface area (Å²) in [4.78, 5) is 24.7. The molecule has 1 aliphatic rings. The molecule has 0 aliphatic carbocycles. The van der Waals surface area contributed by atoms with Gasteiger partial charge in [-0.05, 0) is 31.9 Å². The number of nitrogens with two attached hydrogens (primary N) is 1. The molecule has 1 aromatic rings. The first-order valence-electron chi connectivity index (χ1n) is 6.85. The molecule has 1 amide bonds. The van der Waals surface area contributed by atoms with Crippen molar-refractivity contribution in [1.82, 2.24) is 4.90 Å². The molecule has 1 atom stereocenters. The number of anilines is 1. The number of carbonyl (C=O) groups is 1. The van der Waals surface area contributed by atoms with Crippen molar-refractivity contribution in [1.29, 1.82) is 0 Å². The summed E-state index contributed by atoms with van der Waals surface area (Å²) in [6, 6.07) is 4.42. The summed E-state index contributed by atoms with van der Waals surface area (Å²) < 4.78 is 0. The number of carbonyl (C=O) groups excluding carboxylic acids is 1. The summed E-state index contributed by atoms with van der Waals surface area (Å²) >= 11 is 0. The van der Waals surface area contributed by atoms with Gasteiger partial charge in [0.15, 0.2) is 0 Å². The van der Waals surface area contributed by atoms with Crippen LogP contribution < -0.4 is 5.73 Å². The Morgan fingerprint density at radius 2 is 2.15 bits per heavy atom. The Balaban J connectivity index is 2.28. The van der Waals surface area contributed by atoms with Crippen molar-refractivity contribution >= 4 is 17.3 Å². The maximum Gasteiger partial charge on any atom is 0.292 e. The van der Waals surface area contributed by atoms with Gasteiger partial charge in [0.05, 0.1) is 4.92 Å². The van der Waals surface area contributed by atoms with Crippen molar-refractivity contribution in [2.24, 2.45) is 0 Å². The molecule has 1 aliphatic heterocycles. The fourth-order valence-corrected chi connectivity index (χ4v) is 2.58. The number of amides is 1. The highest BCUT2D eigenvalue weighted by Gasteiger charge is 2.24. The minimum atomic E-state index is -0.558. The molecule has 2 rings (SSSR count). The second-order valence-corrected chi connectivity index (χ2v) is 5.23. The van der Waals surface area contributed by atoms with Gasteiger partial charge in [0.1, 0.15) is 5.69 Å². The molecule has 6 nitrogen and oxygen atoms in total. The number of benzene rings is 1. The molecule has 6 heteroatoms. The summed E-state index contributed by atoms with van der Waals surface area (Å²) in [6.45, 7) is 2.73. The molecule has 108 valence electrons. The fourth-order valence-electron chi connectivity index (χ4n) is 2.58. The summed E-state index contributed by atoms with van der Waals surface area (Å²) in [6.07, 6.45) is 4.19. The van der Waals surface area contributed by atoms with E-state index in [2.05, 4.69) is 0 Å². The van der Waals surface area contributed by atoms with E-state index in [0.717, 1.165) is 25.7 Å². The average molecular weight is 277 g/mol. The van der Waals surface area contributed by atoms with E-state index in [1.54, 1.807) is 6.07 Å². The number of hydrogen-bond acceptors (Lipinski definition) is 4. The van der Waals surface area contributed by atoms with E-state index >= 15 is 0 Å². The number of rotatable bonds is 2. The zero-order valence-corrected chi connectivity index (χ0v) is 11.5. The third kappa shape index (κ3) is 2.89. The van der Waals surface area contributed by atoms with Crippen LogP contribution in [0.15, 0.2) is 18.2 Å². The largest absolute Gasteiger partial charge is 0.393 e. The normalized spacial score (nSPS) is 19.4. The third-order valence-electron chi connectivity index (χ3n) is 3.79. The van der Waals surface area contributed by atoms with Crippen molar-refractivity contribution in [3.05, 3.63) is 33.9 Å². The number of nitrogen functional groups attached to an aromatic ring is 1. The zero-order valence-electron chi connectivity index (χ0n) is 11.5. The molecule has 1 fully saturated rings. The van der Waals surface area contributed by atoms with Gasteiger partial charge >= 0.3 is 0 Å². The lowest BCUT2D eigenvalue weighted by molar-refractivity contribution is -0.383. The predicted octanol–water partition coefficient (Wildman–Crippen LogP) is 2.58. The van der Waals surface area contributed by atoms with E-state index in [9.17, 15) is 14.9 Å². The highest BCUT2D eigenvalue weighted by atomic mass is 16.6. The number of likely N-dealkylation sites (tertiary alicyclic amines) is 1. The molecule has 1 saturated heterocycles. The first-order chi connectivity index (χ1) is 9.50. The van der Waals surface area contributed by atoms with Crippen LogP contribution in [0.2, 0.25) is 0 Å². The molecule has 20 heavy (non-hydrogen) atoms. The van der Waals surface area contributed by atoms with Crippen LogP contribution in [0, 0.1) is 10.1 Å². The fraction of sp³-hybridized carbons (Fsp3) is 0.500. The molecular formula is C14H19N3O3. The summed E-state index contributed by atoms with van der Waals surface area (Å²) in [5.41, 5.74) is 5.76. The Labute approximate surface area is 117 Å². The van der Waals surface area contributed by atoms with E-state index < -0.39 is 4.92 Å². The smallest absolute Gasteiger partial charge is 0.292 e. The van der Waals surface area contributed by atoms with Gasteiger partial charge < -0.3 is 10.6 Å². The van der Waals surface area contributed by atoms with Crippen molar-refractivity contribution in [2.75, 3.05) is 12.3 Å². The molecular weight excluding hydrogens is 258 g/mol. The number of hydrogen-bond donors (Lipinski definition) is 1. The first-order valence-corrected chi connectivity index (χ1v) is 6.85. The Morgan fingerprint density at radius 3 is 2.85 bits per heavy atom. The van der Waals surface area contributed by atoms with E-state index in [1.165, 1.54) is 12.1 Å². The second-order valence-electron chi connectivity index (χ2n) is 5.23. The molecule has 0 spiro atoms. The van der Waals surface area contributed by atoms with Crippen molar-refractivity contribution in [2.45, 2.75) is 38.6 Å². The van der Waals surface area contributed by atoms with Gasteiger partial charge in [0.2, 0.25) is 0 Å². The highest BCUT2D eigenvalue weighted by molar-refractivity contribution is 5.95. The molecule has 0 saturated carbocycles. The van der Waals surface area contributed by atoms with Gasteiger partial charge in [-0.25, -0.2) is 0 Å². The van der Waals surface area contributed by atoms with Gasteiger partial charge in [-0.15, -0.1) is 0 Å².